The average molecular weight is 519 g/mol. The molecule has 0 saturated carbocycles. The summed E-state index contributed by atoms with van der Waals surface area (Å²) in [4.78, 5) is 31.9. The highest BCUT2D eigenvalue weighted by Crippen LogP contribution is 2.31. The van der Waals surface area contributed by atoms with E-state index in [1.807, 2.05) is 73.7 Å². The van der Waals surface area contributed by atoms with Crippen molar-refractivity contribution < 1.29 is 19.0 Å². The Labute approximate surface area is 219 Å². The maximum absolute atomic E-state index is 13.6. The van der Waals surface area contributed by atoms with Crippen molar-refractivity contribution in [2.45, 2.75) is 26.3 Å². The number of methoxy groups -OCH3 is 1. The third kappa shape index (κ3) is 6.15. The summed E-state index contributed by atoms with van der Waals surface area (Å²) in [5, 5.41) is 0. The van der Waals surface area contributed by atoms with Gasteiger partial charge in [0.15, 0.2) is 4.80 Å². The molecule has 1 aliphatic heterocycles. The number of hydrogen-bond acceptors (Lipinski definition) is 7. The summed E-state index contributed by atoms with van der Waals surface area (Å²) < 4.78 is 18.3. The fraction of sp³-hybridized carbons (Fsp3) is 0.276. The molecule has 192 valence electrons. The maximum Gasteiger partial charge on any atom is 0.338 e. The normalized spacial score (nSPS) is 15.5. The number of allylic oxidation sites excluding steroid dienone is 2. The molecule has 0 fully saturated rings. The summed E-state index contributed by atoms with van der Waals surface area (Å²) in [5.74, 6) is 0.210. The van der Waals surface area contributed by atoms with E-state index < -0.39 is 12.0 Å². The highest BCUT2D eigenvalue weighted by atomic mass is 32.1. The molecule has 0 bridgehead atoms. The molecule has 8 heteroatoms. The topological polar surface area (TPSA) is 79.1 Å². The van der Waals surface area contributed by atoms with Crippen molar-refractivity contribution in [3.63, 3.8) is 0 Å². The minimum absolute atomic E-state index is 0.108. The van der Waals surface area contributed by atoms with Crippen LogP contribution in [0.2, 0.25) is 0 Å². The molecule has 0 spiro atoms. The summed E-state index contributed by atoms with van der Waals surface area (Å²) in [7, 11) is 1.54. The predicted octanol–water partition coefficient (Wildman–Crippen LogP) is 3.88. The van der Waals surface area contributed by atoms with Crippen molar-refractivity contribution in [2.24, 2.45) is 4.99 Å². The Hall–Kier alpha value is -3.75. The molecule has 7 nitrogen and oxygen atoms in total. The minimum Gasteiger partial charge on any atom is -0.494 e. The number of hydrogen-bond donors (Lipinski definition) is 0. The van der Waals surface area contributed by atoms with E-state index in [4.69, 9.17) is 14.2 Å². The highest BCUT2D eigenvalue weighted by molar-refractivity contribution is 7.07. The first kappa shape index (κ1) is 26.3. The molecule has 4 rings (SSSR count). The van der Waals surface area contributed by atoms with Gasteiger partial charge >= 0.3 is 5.97 Å². The number of nitrogens with zero attached hydrogens (tertiary/aromatic N) is 2. The van der Waals surface area contributed by atoms with Gasteiger partial charge in [-0.2, -0.15) is 0 Å². The van der Waals surface area contributed by atoms with Crippen molar-refractivity contribution in [3.05, 3.63) is 103 Å². The third-order valence-corrected chi connectivity index (χ3v) is 6.77. The quantitative estimate of drug-likeness (QED) is 0.301. The molecule has 0 amide bonds. The van der Waals surface area contributed by atoms with Crippen molar-refractivity contribution in [1.82, 2.24) is 4.57 Å². The van der Waals surface area contributed by atoms with Crippen LogP contribution in [0, 0.1) is 0 Å². The molecule has 0 saturated heterocycles. The molecule has 0 radical (unpaired) electrons. The van der Waals surface area contributed by atoms with E-state index in [1.54, 1.807) is 24.7 Å². The molecule has 1 aliphatic rings. The Balaban J connectivity index is 1.77. The van der Waals surface area contributed by atoms with Gasteiger partial charge in [-0.3, -0.25) is 9.36 Å². The van der Waals surface area contributed by atoms with Crippen LogP contribution in [0.1, 0.15) is 37.4 Å². The largest absolute Gasteiger partial charge is 0.494 e. The molecule has 2 heterocycles. The molecule has 2 aromatic carbocycles. The van der Waals surface area contributed by atoms with E-state index in [0.29, 0.717) is 27.2 Å². The van der Waals surface area contributed by atoms with E-state index in [2.05, 4.69) is 4.99 Å². The van der Waals surface area contributed by atoms with Gasteiger partial charge in [-0.15, -0.1) is 0 Å². The Kier molecular flexibility index (Phi) is 8.87. The molecule has 0 aliphatic carbocycles. The van der Waals surface area contributed by atoms with Crippen LogP contribution in [0.25, 0.3) is 12.2 Å². The van der Waals surface area contributed by atoms with Gasteiger partial charge in [0.1, 0.15) is 12.4 Å². The maximum atomic E-state index is 13.6. The average Bonchev–Trinajstić information content (AvgIpc) is 3.22. The number of esters is 1. The molecule has 1 unspecified atom stereocenters. The van der Waals surface area contributed by atoms with Crippen LogP contribution in [0.3, 0.4) is 0 Å². The Bertz CT molecular complexity index is 1470. The summed E-state index contributed by atoms with van der Waals surface area (Å²) in [5.41, 5.74) is 2.44. The lowest BCUT2D eigenvalue weighted by Crippen LogP contribution is -2.40. The van der Waals surface area contributed by atoms with Crippen molar-refractivity contribution in [1.29, 1.82) is 0 Å². The van der Waals surface area contributed by atoms with Crippen LogP contribution in [-0.2, 0) is 14.3 Å². The molecule has 3 aromatic rings. The number of fused-ring (bicyclic) bond motifs is 1. The molecule has 37 heavy (non-hydrogen) atoms. The molecule has 1 atom stereocenters. The first-order valence-electron chi connectivity index (χ1n) is 12.2. The summed E-state index contributed by atoms with van der Waals surface area (Å²) in [6.45, 7) is 4.81. The van der Waals surface area contributed by atoms with Crippen molar-refractivity contribution in [2.75, 3.05) is 26.9 Å². The predicted molar refractivity (Wildman–Crippen MR) is 145 cm³/mol. The number of aromatic nitrogens is 1. The Morgan fingerprint density at radius 1 is 1.08 bits per heavy atom. The lowest BCUT2D eigenvalue weighted by atomic mass is 9.96. The van der Waals surface area contributed by atoms with Crippen LogP contribution >= 0.6 is 11.3 Å². The zero-order valence-electron chi connectivity index (χ0n) is 21.2. The van der Waals surface area contributed by atoms with Gasteiger partial charge in [0.05, 0.1) is 35.1 Å². The van der Waals surface area contributed by atoms with Crippen LogP contribution in [0.4, 0.5) is 0 Å². The van der Waals surface area contributed by atoms with Gasteiger partial charge < -0.3 is 14.2 Å². The summed E-state index contributed by atoms with van der Waals surface area (Å²) in [6, 6.07) is 16.6. The zero-order chi connectivity index (χ0) is 26.2. The fourth-order valence-electron chi connectivity index (χ4n) is 3.98. The number of benzene rings is 2. The molecular formula is C29H30N2O5S. The monoisotopic (exact) mass is 518 g/mol. The first-order valence-corrected chi connectivity index (χ1v) is 13.0. The molecular weight excluding hydrogens is 488 g/mol. The lowest BCUT2D eigenvalue weighted by molar-refractivity contribution is -0.140. The van der Waals surface area contributed by atoms with Gasteiger partial charge in [0, 0.05) is 7.11 Å². The van der Waals surface area contributed by atoms with Crippen LogP contribution in [-0.4, -0.2) is 37.5 Å². The minimum atomic E-state index is -0.674. The number of thiazole rings is 1. The second kappa shape index (κ2) is 12.5. The van der Waals surface area contributed by atoms with Crippen molar-refractivity contribution in [3.8, 4) is 5.75 Å². The number of rotatable bonds is 10. The summed E-state index contributed by atoms with van der Waals surface area (Å²) in [6.07, 6.45) is 6.47. The fourth-order valence-corrected chi connectivity index (χ4v) is 4.98. The van der Waals surface area contributed by atoms with Crippen molar-refractivity contribution >= 4 is 29.5 Å². The van der Waals surface area contributed by atoms with Crippen LogP contribution in [0.15, 0.2) is 81.7 Å². The Morgan fingerprint density at radius 2 is 1.84 bits per heavy atom. The van der Waals surface area contributed by atoms with Gasteiger partial charge in [-0.05, 0) is 42.7 Å². The van der Waals surface area contributed by atoms with Gasteiger partial charge in [0.25, 0.3) is 5.56 Å². The van der Waals surface area contributed by atoms with E-state index >= 15 is 0 Å². The van der Waals surface area contributed by atoms with E-state index in [9.17, 15) is 9.59 Å². The third-order valence-electron chi connectivity index (χ3n) is 5.77. The van der Waals surface area contributed by atoms with Crippen LogP contribution in [0.5, 0.6) is 5.75 Å². The lowest BCUT2D eigenvalue weighted by Gasteiger charge is -2.25. The second-order valence-corrected chi connectivity index (χ2v) is 9.43. The SMILES string of the molecule is CCCOc1ccc(C2C(C(=O)OCCOC)=C(C)N=c3s/c(=C\C=C\c4ccccc4)c(=O)n32)cc1. The number of carbonyl (C=O) groups excluding carboxylic acids is 1. The number of carbonyl (C=O) groups is 1. The molecule has 1 aromatic heterocycles. The first-order chi connectivity index (χ1) is 18.0. The Morgan fingerprint density at radius 3 is 2.54 bits per heavy atom. The standard InChI is InChI=1S/C29H30N2O5S/c1-4-17-35-23-15-13-22(14-16-23)26-25(28(33)36-19-18-34-3)20(2)30-29-31(26)27(32)24(37-29)12-8-11-21-9-6-5-7-10-21/h5-16,26H,4,17-19H2,1-3H3/b11-8+,24-12-. The zero-order valence-corrected chi connectivity index (χ0v) is 22.0. The second-order valence-electron chi connectivity index (χ2n) is 8.42. The smallest absolute Gasteiger partial charge is 0.338 e. The van der Waals surface area contributed by atoms with E-state index in [-0.39, 0.29) is 18.8 Å². The van der Waals surface area contributed by atoms with Gasteiger partial charge in [-0.25, -0.2) is 9.79 Å². The van der Waals surface area contributed by atoms with Crippen LogP contribution < -0.4 is 19.6 Å². The highest BCUT2D eigenvalue weighted by Gasteiger charge is 2.33. The summed E-state index contributed by atoms with van der Waals surface area (Å²) >= 11 is 1.29. The molecule has 0 N–H and O–H groups in total. The van der Waals surface area contributed by atoms with E-state index in [1.165, 1.54) is 11.3 Å². The van der Waals surface area contributed by atoms with Gasteiger partial charge in [0.2, 0.25) is 0 Å². The van der Waals surface area contributed by atoms with Gasteiger partial charge in [-0.1, -0.05) is 72.9 Å². The number of ether oxygens (including phenoxy) is 3. The van der Waals surface area contributed by atoms with E-state index in [0.717, 1.165) is 23.3 Å².